The maximum absolute atomic E-state index is 3.49. The number of alkyl halides is 1. The van der Waals surface area contributed by atoms with E-state index in [4.69, 9.17) is 0 Å². The third kappa shape index (κ3) is 3.11. The number of thiophene rings is 1. The molecule has 0 saturated heterocycles. The zero-order chi connectivity index (χ0) is 12.3. The van der Waals surface area contributed by atoms with Crippen LogP contribution in [0.2, 0.25) is 0 Å². The number of rotatable bonds is 4. The van der Waals surface area contributed by atoms with Crippen LogP contribution in [0, 0.1) is 6.92 Å². The second kappa shape index (κ2) is 5.69. The molecule has 0 N–H and O–H groups in total. The van der Waals surface area contributed by atoms with Crippen molar-refractivity contribution in [3.05, 3.63) is 51.7 Å². The summed E-state index contributed by atoms with van der Waals surface area (Å²) < 4.78 is 0. The third-order valence-electron chi connectivity index (χ3n) is 2.83. The highest BCUT2D eigenvalue weighted by molar-refractivity contribution is 9.08. The van der Waals surface area contributed by atoms with Crippen molar-refractivity contribution >= 4 is 33.0 Å². The van der Waals surface area contributed by atoms with E-state index >= 15 is 0 Å². The quantitative estimate of drug-likeness (QED) is 0.747. The molecule has 1 heterocycles. The van der Waals surface area contributed by atoms with Crippen LogP contribution in [0.1, 0.15) is 16.7 Å². The molecule has 17 heavy (non-hydrogen) atoms. The zero-order valence-electron chi connectivity index (χ0n) is 10.1. The maximum Gasteiger partial charge on any atom is 0.0434 e. The molecule has 2 aromatic rings. The first-order valence-corrected chi connectivity index (χ1v) is 7.65. The molecule has 0 spiro atoms. The van der Waals surface area contributed by atoms with Crippen LogP contribution < -0.4 is 4.90 Å². The van der Waals surface area contributed by atoms with Crippen molar-refractivity contribution in [3.8, 4) is 0 Å². The van der Waals surface area contributed by atoms with E-state index in [1.807, 2.05) is 0 Å². The fourth-order valence-corrected chi connectivity index (χ4v) is 2.98. The van der Waals surface area contributed by atoms with E-state index in [1.165, 1.54) is 22.4 Å². The van der Waals surface area contributed by atoms with Gasteiger partial charge in [0.05, 0.1) is 0 Å². The van der Waals surface area contributed by atoms with E-state index in [9.17, 15) is 0 Å². The Labute approximate surface area is 115 Å². The maximum atomic E-state index is 3.49. The molecule has 0 bridgehead atoms. The van der Waals surface area contributed by atoms with Gasteiger partial charge in [-0.1, -0.05) is 28.1 Å². The highest BCUT2D eigenvalue weighted by atomic mass is 79.9. The number of anilines is 1. The van der Waals surface area contributed by atoms with Crippen LogP contribution in [-0.4, -0.2) is 7.05 Å². The van der Waals surface area contributed by atoms with Crippen LogP contribution in [-0.2, 0) is 11.9 Å². The van der Waals surface area contributed by atoms with Crippen molar-refractivity contribution in [2.24, 2.45) is 0 Å². The molecule has 90 valence electrons. The minimum absolute atomic E-state index is 0.919. The second-order valence-electron chi connectivity index (χ2n) is 4.24. The van der Waals surface area contributed by atoms with Gasteiger partial charge in [0.1, 0.15) is 0 Å². The topological polar surface area (TPSA) is 3.24 Å². The third-order valence-corrected chi connectivity index (χ3v) is 4.21. The summed E-state index contributed by atoms with van der Waals surface area (Å²) >= 11 is 5.24. The summed E-state index contributed by atoms with van der Waals surface area (Å²) in [7, 11) is 2.15. The van der Waals surface area contributed by atoms with Gasteiger partial charge >= 0.3 is 0 Å². The molecule has 0 atom stereocenters. The molecule has 1 nitrogen and oxygen atoms in total. The summed E-state index contributed by atoms with van der Waals surface area (Å²) in [6, 6.07) is 8.82. The largest absolute Gasteiger partial charge is 0.370 e. The van der Waals surface area contributed by atoms with Crippen LogP contribution in [0.3, 0.4) is 0 Å². The molecular formula is C14H16BrNS. The summed E-state index contributed by atoms with van der Waals surface area (Å²) in [5.74, 6) is 0. The molecule has 1 aromatic carbocycles. The van der Waals surface area contributed by atoms with Gasteiger partial charge in [-0.3, -0.25) is 0 Å². The lowest BCUT2D eigenvalue weighted by Gasteiger charge is -2.21. The molecule has 0 radical (unpaired) electrons. The van der Waals surface area contributed by atoms with Crippen molar-refractivity contribution in [1.82, 2.24) is 0 Å². The molecule has 0 unspecified atom stereocenters. The number of nitrogens with zero attached hydrogens (tertiary/aromatic N) is 1. The summed E-state index contributed by atoms with van der Waals surface area (Å²) in [6.45, 7) is 3.14. The smallest absolute Gasteiger partial charge is 0.0434 e. The predicted molar refractivity (Wildman–Crippen MR) is 80.2 cm³/mol. The van der Waals surface area contributed by atoms with E-state index < -0.39 is 0 Å². The van der Waals surface area contributed by atoms with Gasteiger partial charge in [-0.15, -0.1) is 0 Å². The van der Waals surface area contributed by atoms with E-state index in [1.54, 1.807) is 11.3 Å². The minimum Gasteiger partial charge on any atom is -0.370 e. The van der Waals surface area contributed by atoms with E-state index in [2.05, 4.69) is 69.8 Å². The van der Waals surface area contributed by atoms with Crippen molar-refractivity contribution in [2.75, 3.05) is 11.9 Å². The number of aryl methyl sites for hydroxylation is 1. The fraction of sp³-hybridized carbons (Fsp3) is 0.286. The number of benzene rings is 1. The lowest BCUT2D eigenvalue weighted by molar-refractivity contribution is 0.921. The second-order valence-corrected chi connectivity index (χ2v) is 5.58. The van der Waals surface area contributed by atoms with Gasteiger partial charge in [-0.05, 0) is 46.5 Å². The first-order chi connectivity index (χ1) is 8.20. The Bertz CT molecular complexity index is 479. The Balaban J connectivity index is 2.16. The lowest BCUT2D eigenvalue weighted by Crippen LogP contribution is -2.17. The Morgan fingerprint density at radius 3 is 2.65 bits per heavy atom. The predicted octanol–water partition coefficient (Wildman–Crippen LogP) is 4.59. The average molecular weight is 310 g/mol. The van der Waals surface area contributed by atoms with E-state index in [0.717, 1.165) is 11.9 Å². The van der Waals surface area contributed by atoms with Gasteiger partial charge in [0, 0.05) is 24.6 Å². The molecule has 0 aliphatic heterocycles. The molecule has 0 amide bonds. The van der Waals surface area contributed by atoms with Crippen LogP contribution in [0.4, 0.5) is 5.69 Å². The van der Waals surface area contributed by atoms with Crippen molar-refractivity contribution in [1.29, 1.82) is 0 Å². The zero-order valence-corrected chi connectivity index (χ0v) is 12.5. The van der Waals surface area contributed by atoms with E-state index in [-0.39, 0.29) is 0 Å². The van der Waals surface area contributed by atoms with Gasteiger partial charge in [0.2, 0.25) is 0 Å². The monoisotopic (exact) mass is 309 g/mol. The number of halogens is 1. The van der Waals surface area contributed by atoms with Crippen LogP contribution in [0.15, 0.2) is 35.0 Å². The van der Waals surface area contributed by atoms with Crippen molar-refractivity contribution in [2.45, 2.75) is 18.8 Å². The highest BCUT2D eigenvalue weighted by Crippen LogP contribution is 2.23. The Morgan fingerprint density at radius 2 is 2.06 bits per heavy atom. The fourth-order valence-electron chi connectivity index (χ4n) is 1.97. The van der Waals surface area contributed by atoms with Gasteiger partial charge < -0.3 is 4.90 Å². The van der Waals surface area contributed by atoms with Gasteiger partial charge in [0.15, 0.2) is 0 Å². The van der Waals surface area contributed by atoms with Crippen LogP contribution in [0.25, 0.3) is 0 Å². The average Bonchev–Trinajstić information content (AvgIpc) is 2.81. The first kappa shape index (κ1) is 12.7. The van der Waals surface area contributed by atoms with Gasteiger partial charge in [-0.2, -0.15) is 11.3 Å². The Hall–Kier alpha value is -0.800. The minimum atomic E-state index is 0.919. The summed E-state index contributed by atoms with van der Waals surface area (Å²) in [5.41, 5.74) is 5.34. The van der Waals surface area contributed by atoms with Crippen molar-refractivity contribution in [3.63, 3.8) is 0 Å². The molecule has 0 saturated carbocycles. The molecule has 2 rings (SSSR count). The molecule has 1 aromatic heterocycles. The van der Waals surface area contributed by atoms with Crippen LogP contribution >= 0.6 is 27.3 Å². The first-order valence-electron chi connectivity index (χ1n) is 5.58. The molecule has 3 heteroatoms. The lowest BCUT2D eigenvalue weighted by atomic mass is 10.1. The summed E-state index contributed by atoms with van der Waals surface area (Å²) in [6.07, 6.45) is 0. The molecular weight excluding hydrogens is 294 g/mol. The molecule has 0 aliphatic rings. The Morgan fingerprint density at radius 1 is 1.24 bits per heavy atom. The number of hydrogen-bond donors (Lipinski definition) is 0. The van der Waals surface area contributed by atoms with E-state index in [0.29, 0.717) is 0 Å². The standard InChI is InChI=1S/C14H16BrNS/c1-11-7-12(8-15)3-4-14(11)16(2)9-13-5-6-17-10-13/h3-7,10H,8-9H2,1-2H3. The highest BCUT2D eigenvalue weighted by Gasteiger charge is 2.06. The summed E-state index contributed by atoms with van der Waals surface area (Å²) in [5, 5.41) is 5.25. The molecule has 0 aliphatic carbocycles. The van der Waals surface area contributed by atoms with Gasteiger partial charge in [0.25, 0.3) is 0 Å². The number of hydrogen-bond acceptors (Lipinski definition) is 2. The van der Waals surface area contributed by atoms with Crippen LogP contribution in [0.5, 0.6) is 0 Å². The van der Waals surface area contributed by atoms with Gasteiger partial charge in [-0.25, -0.2) is 0 Å². The normalized spacial score (nSPS) is 10.5. The summed E-state index contributed by atoms with van der Waals surface area (Å²) in [4.78, 5) is 2.30. The SMILES string of the molecule is Cc1cc(CBr)ccc1N(C)Cc1ccsc1. The Kier molecular flexibility index (Phi) is 4.24. The molecule has 0 fully saturated rings. The van der Waals surface area contributed by atoms with Crippen molar-refractivity contribution < 1.29 is 0 Å².